The number of hydroxylamine groups is 1. The summed E-state index contributed by atoms with van der Waals surface area (Å²) in [5, 5.41) is 26.7. The Bertz CT molecular complexity index is 1330. The fraction of sp³-hybridized carbons (Fsp3) is 0.207. The van der Waals surface area contributed by atoms with Crippen molar-refractivity contribution in [2.24, 2.45) is 0 Å². The minimum Gasteiger partial charge on any atom is -0.391 e. The highest BCUT2D eigenvalue weighted by molar-refractivity contribution is 5.97. The van der Waals surface area contributed by atoms with E-state index in [0.29, 0.717) is 17.8 Å². The van der Waals surface area contributed by atoms with Gasteiger partial charge in [-0.3, -0.25) is 19.6 Å². The predicted octanol–water partition coefficient (Wildman–Crippen LogP) is 2.11. The molecule has 196 valence electrons. The summed E-state index contributed by atoms with van der Waals surface area (Å²) in [6.45, 7) is 4.16. The maximum Gasteiger partial charge on any atom is 0.268 e. The van der Waals surface area contributed by atoms with Gasteiger partial charge in [-0.15, -0.1) is 0 Å². The topological polar surface area (TPSA) is 140 Å². The molecular weight excluding hydrogens is 484 g/mol. The molecule has 0 radical (unpaired) electrons. The zero-order valence-corrected chi connectivity index (χ0v) is 21.1. The fourth-order valence-corrected chi connectivity index (χ4v) is 3.53. The largest absolute Gasteiger partial charge is 0.391 e. The van der Waals surface area contributed by atoms with E-state index in [1.165, 1.54) is 18.0 Å². The van der Waals surface area contributed by atoms with Crippen LogP contribution >= 0.6 is 0 Å². The van der Waals surface area contributed by atoms with Crippen LogP contribution in [0, 0.1) is 18.8 Å². The lowest BCUT2D eigenvalue weighted by atomic mass is 10.1. The van der Waals surface area contributed by atoms with Gasteiger partial charge < -0.3 is 21.1 Å². The van der Waals surface area contributed by atoms with Gasteiger partial charge in [0.15, 0.2) is 0 Å². The van der Waals surface area contributed by atoms with E-state index in [4.69, 9.17) is 5.21 Å². The predicted molar refractivity (Wildman–Crippen MR) is 143 cm³/mol. The molecule has 0 fully saturated rings. The van der Waals surface area contributed by atoms with E-state index in [0.717, 1.165) is 11.1 Å². The molecule has 0 saturated heterocycles. The first-order valence-electron chi connectivity index (χ1n) is 12.0. The molecule has 0 bridgehead atoms. The Balaban J connectivity index is 1.50. The fourth-order valence-electron chi connectivity index (χ4n) is 3.53. The van der Waals surface area contributed by atoms with Crippen LogP contribution in [0.25, 0.3) is 0 Å². The van der Waals surface area contributed by atoms with Crippen molar-refractivity contribution in [2.45, 2.75) is 32.5 Å². The molecule has 3 rings (SSSR count). The molecule has 3 amide bonds. The van der Waals surface area contributed by atoms with Gasteiger partial charge in [0.05, 0.1) is 12.6 Å². The van der Waals surface area contributed by atoms with Crippen LogP contribution < -0.4 is 21.4 Å². The van der Waals surface area contributed by atoms with E-state index in [-0.39, 0.29) is 18.0 Å². The summed E-state index contributed by atoms with van der Waals surface area (Å²) < 4.78 is 0. The number of benzene rings is 3. The Morgan fingerprint density at radius 1 is 0.921 bits per heavy atom. The molecule has 9 nitrogen and oxygen atoms in total. The molecule has 2 unspecified atom stereocenters. The molecule has 0 aliphatic rings. The van der Waals surface area contributed by atoms with Crippen molar-refractivity contribution in [2.75, 3.05) is 11.9 Å². The number of rotatable bonds is 9. The lowest BCUT2D eigenvalue weighted by Gasteiger charge is -2.19. The monoisotopic (exact) mass is 514 g/mol. The van der Waals surface area contributed by atoms with Gasteiger partial charge in [0.25, 0.3) is 11.8 Å². The van der Waals surface area contributed by atoms with Crippen LogP contribution in [0.1, 0.15) is 39.5 Å². The normalized spacial score (nSPS) is 11.9. The Morgan fingerprint density at radius 3 is 2.13 bits per heavy atom. The summed E-state index contributed by atoms with van der Waals surface area (Å²) in [4.78, 5) is 36.2. The molecule has 6 N–H and O–H groups in total. The first-order valence-corrected chi connectivity index (χ1v) is 12.0. The van der Waals surface area contributed by atoms with Gasteiger partial charge in [-0.05, 0) is 67.9 Å². The molecule has 0 aliphatic heterocycles. The van der Waals surface area contributed by atoms with Crippen LogP contribution in [-0.2, 0) is 16.1 Å². The molecule has 0 saturated carbocycles. The summed E-state index contributed by atoms with van der Waals surface area (Å²) in [5.74, 6) is 4.39. The molecule has 3 aromatic rings. The second kappa shape index (κ2) is 13.7. The number of aliphatic hydroxyl groups is 1. The Kier molecular flexibility index (Phi) is 10.1. The van der Waals surface area contributed by atoms with E-state index in [9.17, 15) is 19.5 Å². The molecule has 38 heavy (non-hydrogen) atoms. The lowest BCUT2D eigenvalue weighted by molar-refractivity contribution is -0.133. The van der Waals surface area contributed by atoms with Crippen molar-refractivity contribution in [1.82, 2.24) is 16.1 Å². The van der Waals surface area contributed by atoms with E-state index in [1.807, 2.05) is 25.1 Å². The van der Waals surface area contributed by atoms with Crippen LogP contribution in [0.4, 0.5) is 5.69 Å². The SMILES string of the molecule is Cc1cccc(CNCC(=O)Nc2ccc(C#Cc3ccc(C(=O)NC(C(=O)NO)C(C)O)cc3)cc2)c1. The van der Waals surface area contributed by atoms with Crippen molar-refractivity contribution in [3.05, 3.63) is 101 Å². The number of aliphatic hydroxyl groups excluding tert-OH is 1. The minimum atomic E-state index is -1.30. The summed E-state index contributed by atoms with van der Waals surface area (Å²) in [6, 6.07) is 20.4. The molecular formula is C29H30N4O5. The van der Waals surface area contributed by atoms with Gasteiger partial charge >= 0.3 is 0 Å². The number of anilines is 1. The molecule has 0 aliphatic carbocycles. The van der Waals surface area contributed by atoms with Gasteiger partial charge in [-0.1, -0.05) is 41.7 Å². The van der Waals surface area contributed by atoms with Crippen LogP contribution in [0.15, 0.2) is 72.8 Å². The third-order valence-electron chi connectivity index (χ3n) is 5.53. The molecule has 0 aromatic heterocycles. The van der Waals surface area contributed by atoms with Crippen LogP contribution in [0.3, 0.4) is 0 Å². The van der Waals surface area contributed by atoms with Crippen molar-refractivity contribution >= 4 is 23.4 Å². The summed E-state index contributed by atoms with van der Waals surface area (Å²) in [5.41, 5.74) is 6.06. The number of carbonyl (C=O) groups is 3. The molecule has 0 heterocycles. The quantitative estimate of drug-likeness (QED) is 0.147. The van der Waals surface area contributed by atoms with Gasteiger partial charge in [0, 0.05) is 28.9 Å². The Labute approximate surface area is 221 Å². The Morgan fingerprint density at radius 2 is 1.55 bits per heavy atom. The smallest absolute Gasteiger partial charge is 0.268 e. The van der Waals surface area contributed by atoms with Crippen LogP contribution in [0.2, 0.25) is 0 Å². The molecule has 9 heteroatoms. The van der Waals surface area contributed by atoms with Crippen LogP contribution in [-0.4, -0.2) is 46.7 Å². The minimum absolute atomic E-state index is 0.141. The Hall–Kier alpha value is -4.49. The van der Waals surface area contributed by atoms with Crippen molar-refractivity contribution < 1.29 is 24.7 Å². The average molecular weight is 515 g/mol. The summed E-state index contributed by atoms with van der Waals surface area (Å²) in [6.07, 6.45) is -1.20. The average Bonchev–Trinajstić information content (AvgIpc) is 2.91. The number of hydrogen-bond donors (Lipinski definition) is 6. The highest BCUT2D eigenvalue weighted by Gasteiger charge is 2.25. The molecule has 2 atom stereocenters. The van der Waals surface area contributed by atoms with Crippen molar-refractivity contribution in [3.63, 3.8) is 0 Å². The number of nitrogens with one attached hydrogen (secondary N) is 4. The summed E-state index contributed by atoms with van der Waals surface area (Å²) >= 11 is 0. The van der Waals surface area contributed by atoms with Crippen LogP contribution in [0.5, 0.6) is 0 Å². The van der Waals surface area contributed by atoms with Gasteiger partial charge in [0.2, 0.25) is 5.91 Å². The maximum absolute atomic E-state index is 12.4. The second-order valence-corrected chi connectivity index (χ2v) is 8.71. The van der Waals surface area contributed by atoms with E-state index in [1.54, 1.807) is 48.5 Å². The lowest BCUT2D eigenvalue weighted by Crippen LogP contribution is -2.51. The van der Waals surface area contributed by atoms with Crippen molar-refractivity contribution in [3.8, 4) is 11.8 Å². The number of amides is 3. The van der Waals surface area contributed by atoms with E-state index < -0.39 is 24.0 Å². The third kappa shape index (κ3) is 8.57. The van der Waals surface area contributed by atoms with Crippen molar-refractivity contribution in [1.29, 1.82) is 0 Å². The standard InChI is InChI=1S/C29H30N4O5/c1-19-4-3-5-23(16-19)17-30-18-26(35)31-25-14-10-22(11-15-25)7-6-21-8-12-24(13-9-21)28(36)32-27(20(2)34)29(37)33-38/h3-5,8-16,20,27,30,34,38H,17-18H2,1-2H3,(H,31,35)(H,32,36)(H,33,37). The number of carbonyl (C=O) groups excluding carboxylic acids is 3. The van der Waals surface area contributed by atoms with Gasteiger partial charge in [-0.25, -0.2) is 5.48 Å². The maximum atomic E-state index is 12.4. The zero-order chi connectivity index (χ0) is 27.5. The first-order chi connectivity index (χ1) is 18.2. The van der Waals surface area contributed by atoms with E-state index >= 15 is 0 Å². The highest BCUT2D eigenvalue weighted by atomic mass is 16.5. The zero-order valence-electron chi connectivity index (χ0n) is 21.1. The number of hydrogen-bond acceptors (Lipinski definition) is 6. The van der Waals surface area contributed by atoms with E-state index in [2.05, 4.69) is 33.9 Å². The highest BCUT2D eigenvalue weighted by Crippen LogP contribution is 2.10. The summed E-state index contributed by atoms with van der Waals surface area (Å²) in [7, 11) is 0. The molecule has 3 aromatic carbocycles. The van der Waals surface area contributed by atoms with Gasteiger partial charge in [0.1, 0.15) is 6.04 Å². The second-order valence-electron chi connectivity index (χ2n) is 8.71. The van der Waals surface area contributed by atoms with Gasteiger partial charge in [-0.2, -0.15) is 0 Å². The number of aryl methyl sites for hydroxylation is 1. The molecule has 0 spiro atoms. The first kappa shape index (κ1) is 28.1. The third-order valence-corrected chi connectivity index (χ3v) is 5.53.